The van der Waals surface area contributed by atoms with Crippen LogP contribution in [0.2, 0.25) is 0 Å². The quantitative estimate of drug-likeness (QED) is 0.663. The van der Waals surface area contributed by atoms with Crippen molar-refractivity contribution in [1.29, 1.82) is 0 Å². The average Bonchev–Trinajstić information content (AvgIpc) is 2.44. The van der Waals surface area contributed by atoms with Crippen LogP contribution in [0.3, 0.4) is 0 Å². The van der Waals surface area contributed by atoms with Crippen LogP contribution in [0.5, 0.6) is 11.5 Å². The molecule has 1 atom stereocenters. The SMILES string of the molecule is COC(=O)C(O)c1c(Br)cc(C=O)c2c1OCCO2. The molecule has 0 saturated carbocycles. The first kappa shape index (κ1) is 13.8. The first-order chi connectivity index (χ1) is 9.10. The van der Waals surface area contributed by atoms with E-state index >= 15 is 0 Å². The average molecular weight is 331 g/mol. The third-order valence-electron chi connectivity index (χ3n) is 2.65. The molecule has 1 N–H and O–H groups in total. The van der Waals surface area contributed by atoms with Crippen LogP contribution in [0.4, 0.5) is 0 Å². The van der Waals surface area contributed by atoms with E-state index in [-0.39, 0.29) is 29.2 Å². The van der Waals surface area contributed by atoms with Crippen molar-refractivity contribution in [3.05, 3.63) is 21.7 Å². The largest absolute Gasteiger partial charge is 0.486 e. The Bertz CT molecular complexity index is 527. The van der Waals surface area contributed by atoms with Crippen molar-refractivity contribution in [2.75, 3.05) is 20.3 Å². The van der Waals surface area contributed by atoms with Crippen LogP contribution in [-0.2, 0) is 9.53 Å². The van der Waals surface area contributed by atoms with Gasteiger partial charge >= 0.3 is 5.97 Å². The van der Waals surface area contributed by atoms with E-state index in [9.17, 15) is 14.7 Å². The van der Waals surface area contributed by atoms with E-state index in [2.05, 4.69) is 20.7 Å². The van der Waals surface area contributed by atoms with Crippen LogP contribution in [0.25, 0.3) is 0 Å². The van der Waals surface area contributed by atoms with Crippen LogP contribution in [0.15, 0.2) is 10.5 Å². The van der Waals surface area contributed by atoms with E-state index in [4.69, 9.17) is 9.47 Å². The van der Waals surface area contributed by atoms with Crippen LogP contribution >= 0.6 is 15.9 Å². The normalized spacial score (nSPS) is 14.7. The van der Waals surface area contributed by atoms with Gasteiger partial charge in [-0.25, -0.2) is 4.79 Å². The molecule has 0 fully saturated rings. The van der Waals surface area contributed by atoms with Gasteiger partial charge in [-0.15, -0.1) is 0 Å². The Labute approximate surface area is 117 Å². The number of aldehydes is 1. The van der Waals surface area contributed by atoms with Gasteiger partial charge in [0.25, 0.3) is 0 Å². The Morgan fingerprint density at radius 1 is 1.47 bits per heavy atom. The summed E-state index contributed by atoms with van der Waals surface area (Å²) in [4.78, 5) is 22.4. The lowest BCUT2D eigenvalue weighted by atomic mass is 10.0. The third-order valence-corrected chi connectivity index (χ3v) is 3.31. The van der Waals surface area contributed by atoms with E-state index in [1.54, 1.807) is 0 Å². The number of rotatable bonds is 3. The van der Waals surface area contributed by atoms with Gasteiger partial charge in [0.1, 0.15) is 13.2 Å². The van der Waals surface area contributed by atoms with Gasteiger partial charge in [0.15, 0.2) is 23.9 Å². The van der Waals surface area contributed by atoms with E-state index in [0.29, 0.717) is 17.4 Å². The van der Waals surface area contributed by atoms with Crippen LogP contribution in [0, 0.1) is 0 Å². The van der Waals surface area contributed by atoms with Crippen LogP contribution < -0.4 is 9.47 Å². The highest BCUT2D eigenvalue weighted by atomic mass is 79.9. The topological polar surface area (TPSA) is 82.1 Å². The lowest BCUT2D eigenvalue weighted by molar-refractivity contribution is -0.150. The first-order valence-corrected chi connectivity index (χ1v) is 6.22. The van der Waals surface area contributed by atoms with Gasteiger partial charge < -0.3 is 19.3 Å². The molecule has 0 bridgehead atoms. The summed E-state index contributed by atoms with van der Waals surface area (Å²) in [5.74, 6) is -0.418. The number of methoxy groups -OCH3 is 1. The standard InChI is InChI=1S/C12H11BrO6/c1-17-12(16)9(15)8-7(13)4-6(5-14)10-11(8)19-3-2-18-10/h4-5,9,15H,2-3H2,1H3. The molecular formula is C12H11BrO6. The number of carbonyl (C=O) groups is 2. The summed E-state index contributed by atoms with van der Waals surface area (Å²) in [5, 5.41) is 9.96. The number of aliphatic hydroxyl groups excluding tert-OH is 1. The molecule has 102 valence electrons. The highest BCUT2D eigenvalue weighted by molar-refractivity contribution is 9.10. The summed E-state index contributed by atoms with van der Waals surface area (Å²) in [5.41, 5.74) is 0.467. The zero-order valence-corrected chi connectivity index (χ0v) is 11.6. The molecular weight excluding hydrogens is 320 g/mol. The molecule has 1 aromatic carbocycles. The molecule has 1 aliphatic rings. The van der Waals surface area contributed by atoms with Crippen molar-refractivity contribution >= 4 is 28.2 Å². The predicted molar refractivity (Wildman–Crippen MR) is 67.5 cm³/mol. The van der Waals surface area contributed by atoms with Gasteiger partial charge in [-0.3, -0.25) is 4.79 Å². The fourth-order valence-corrected chi connectivity index (χ4v) is 2.44. The smallest absolute Gasteiger partial charge is 0.339 e. The van der Waals surface area contributed by atoms with Gasteiger partial charge in [0, 0.05) is 4.47 Å². The molecule has 0 spiro atoms. The van der Waals surface area contributed by atoms with Gasteiger partial charge in [0.2, 0.25) is 0 Å². The fraction of sp³-hybridized carbons (Fsp3) is 0.333. The van der Waals surface area contributed by atoms with E-state index in [1.807, 2.05) is 0 Å². The monoisotopic (exact) mass is 330 g/mol. The minimum Gasteiger partial charge on any atom is -0.486 e. The molecule has 1 aromatic rings. The molecule has 0 aliphatic carbocycles. The molecule has 6 nitrogen and oxygen atoms in total. The molecule has 0 amide bonds. The van der Waals surface area contributed by atoms with Crippen molar-refractivity contribution < 1.29 is 28.9 Å². The fourth-order valence-electron chi connectivity index (χ4n) is 1.79. The number of esters is 1. The number of hydrogen-bond acceptors (Lipinski definition) is 6. The van der Waals surface area contributed by atoms with E-state index in [1.165, 1.54) is 13.2 Å². The van der Waals surface area contributed by atoms with Gasteiger partial charge in [-0.2, -0.15) is 0 Å². The maximum absolute atomic E-state index is 11.4. The summed E-state index contributed by atoms with van der Waals surface area (Å²) >= 11 is 3.20. The molecule has 1 aliphatic heterocycles. The number of carbonyl (C=O) groups excluding carboxylic acids is 2. The number of ether oxygens (including phenoxy) is 3. The number of halogens is 1. The summed E-state index contributed by atoms with van der Waals surface area (Å²) in [6.45, 7) is 0.561. The Kier molecular flexibility index (Phi) is 4.06. The van der Waals surface area contributed by atoms with E-state index < -0.39 is 12.1 Å². The van der Waals surface area contributed by atoms with Crippen molar-refractivity contribution in [2.24, 2.45) is 0 Å². The van der Waals surface area contributed by atoms with Gasteiger partial charge in [-0.05, 0) is 6.07 Å². The predicted octanol–water partition coefficient (Wildman–Crippen LogP) is 1.24. The Morgan fingerprint density at radius 3 is 2.68 bits per heavy atom. The van der Waals surface area contributed by atoms with Crippen molar-refractivity contribution in [2.45, 2.75) is 6.10 Å². The lowest BCUT2D eigenvalue weighted by Crippen LogP contribution is -2.21. The molecule has 0 aromatic heterocycles. The zero-order valence-electron chi connectivity index (χ0n) is 10.0. The maximum atomic E-state index is 11.4. The maximum Gasteiger partial charge on any atom is 0.339 e. The number of fused-ring (bicyclic) bond motifs is 1. The second-order valence-corrected chi connectivity index (χ2v) is 4.61. The second-order valence-electron chi connectivity index (χ2n) is 3.76. The molecule has 1 unspecified atom stereocenters. The minimum absolute atomic E-state index is 0.181. The second kappa shape index (κ2) is 5.58. The number of hydrogen-bond donors (Lipinski definition) is 1. The highest BCUT2D eigenvalue weighted by Gasteiger charge is 2.30. The van der Waals surface area contributed by atoms with Crippen LogP contribution in [-0.4, -0.2) is 37.7 Å². The van der Waals surface area contributed by atoms with Crippen molar-refractivity contribution in [3.8, 4) is 11.5 Å². The molecule has 2 rings (SSSR count). The summed E-state index contributed by atoms with van der Waals surface area (Å²) in [7, 11) is 1.17. The lowest BCUT2D eigenvalue weighted by Gasteiger charge is -2.24. The zero-order chi connectivity index (χ0) is 14.0. The van der Waals surface area contributed by atoms with Crippen molar-refractivity contribution in [1.82, 2.24) is 0 Å². The summed E-state index contributed by atoms with van der Waals surface area (Å²) < 4.78 is 15.6. The van der Waals surface area contributed by atoms with Gasteiger partial charge in [0.05, 0.1) is 18.2 Å². The Morgan fingerprint density at radius 2 is 2.11 bits per heavy atom. The highest BCUT2D eigenvalue weighted by Crippen LogP contribution is 2.44. The Hall–Kier alpha value is -1.60. The van der Waals surface area contributed by atoms with E-state index in [0.717, 1.165) is 0 Å². The first-order valence-electron chi connectivity index (χ1n) is 5.43. The summed E-state index contributed by atoms with van der Waals surface area (Å²) in [6.07, 6.45) is -0.900. The van der Waals surface area contributed by atoms with Crippen LogP contribution in [0.1, 0.15) is 22.0 Å². The molecule has 0 saturated heterocycles. The summed E-state index contributed by atoms with van der Waals surface area (Å²) in [6, 6.07) is 1.46. The number of aliphatic hydroxyl groups is 1. The molecule has 1 heterocycles. The molecule has 19 heavy (non-hydrogen) atoms. The molecule has 0 radical (unpaired) electrons. The molecule has 7 heteroatoms. The van der Waals surface area contributed by atoms with Crippen molar-refractivity contribution in [3.63, 3.8) is 0 Å². The minimum atomic E-state index is -1.52. The number of benzene rings is 1. The third kappa shape index (κ3) is 2.43. The van der Waals surface area contributed by atoms with Gasteiger partial charge in [-0.1, -0.05) is 15.9 Å². The Balaban J connectivity index is 2.60.